The van der Waals surface area contributed by atoms with Gasteiger partial charge in [0.15, 0.2) is 0 Å². The number of hydrogen-bond acceptors (Lipinski definition) is 4. The van der Waals surface area contributed by atoms with Gasteiger partial charge in [0.2, 0.25) is 0 Å². The Morgan fingerprint density at radius 1 is 1.13 bits per heavy atom. The molecule has 4 nitrogen and oxygen atoms in total. The average Bonchev–Trinajstić information content (AvgIpc) is 2.27. The third-order valence-electron chi connectivity index (χ3n) is 1.99. The quantitative estimate of drug-likeness (QED) is 0.425. The fraction of sp³-hybridized carbons (Fsp3) is 1.00. The molecule has 90 valence electrons. The van der Waals surface area contributed by atoms with Crippen LogP contribution in [0, 0.1) is 0 Å². The van der Waals surface area contributed by atoms with E-state index in [2.05, 4.69) is 6.92 Å². The molecule has 0 N–H and O–H groups in total. The van der Waals surface area contributed by atoms with Crippen LogP contribution >= 0.6 is 0 Å². The first-order chi connectivity index (χ1) is 7.35. The first-order valence-electron chi connectivity index (χ1n) is 5.35. The number of rotatable bonds is 11. The second kappa shape index (κ2) is 12.7. The number of hydrogen-bond donors (Lipinski definition) is 0. The second-order valence-corrected chi connectivity index (χ2v) is 5.36. The Labute approximate surface area is 104 Å². The molecule has 0 bridgehead atoms. The van der Waals surface area contributed by atoms with Crippen molar-refractivity contribution >= 4 is 22.0 Å². The minimum atomic E-state index is -1.10. The van der Waals surface area contributed by atoms with Gasteiger partial charge in [0.05, 0.1) is 0 Å². The molecule has 1 unspecified atom stereocenters. The van der Waals surface area contributed by atoms with E-state index in [1.54, 1.807) is 14.2 Å². The summed E-state index contributed by atoms with van der Waals surface area (Å²) in [5.74, 6) is 0. The molecule has 0 aliphatic carbocycles. The van der Waals surface area contributed by atoms with E-state index in [1.807, 2.05) is 0 Å². The van der Waals surface area contributed by atoms with Crippen molar-refractivity contribution in [2.45, 2.75) is 32.3 Å². The molecular formula is C10H22O4Sn. The summed E-state index contributed by atoms with van der Waals surface area (Å²) in [7, 11) is 3.40. The summed E-state index contributed by atoms with van der Waals surface area (Å²) in [6, 6.07) is 0. The van der Waals surface area contributed by atoms with Crippen molar-refractivity contribution in [1.82, 2.24) is 0 Å². The summed E-state index contributed by atoms with van der Waals surface area (Å²) >= 11 is -1.10. The Bertz CT molecular complexity index is 124. The molecular weight excluding hydrogens is 303 g/mol. The predicted molar refractivity (Wildman–Crippen MR) is 59.9 cm³/mol. The molecule has 0 rings (SSSR count). The van der Waals surface area contributed by atoms with Crippen LogP contribution in [0.2, 0.25) is 0 Å². The van der Waals surface area contributed by atoms with E-state index in [-0.39, 0.29) is 6.10 Å². The second-order valence-electron chi connectivity index (χ2n) is 3.24. The van der Waals surface area contributed by atoms with Gasteiger partial charge in [0.25, 0.3) is 0 Å². The first-order valence-corrected chi connectivity index (χ1v) is 7.68. The van der Waals surface area contributed by atoms with Crippen molar-refractivity contribution in [2.75, 3.05) is 34.0 Å². The molecule has 0 amide bonds. The standard InChI is InChI=1S/C7H15O2.C3H7O2.Sn/c1-3-4-5-7(6-8)9-2;1-5-3-2-4;/h7H,3-6H2,1-2H3;2-3H2,1H3;/q2*-1;+2. The fourth-order valence-electron chi connectivity index (χ4n) is 1.04. The van der Waals surface area contributed by atoms with Gasteiger partial charge in [0.1, 0.15) is 0 Å². The van der Waals surface area contributed by atoms with Crippen LogP contribution < -0.4 is 0 Å². The van der Waals surface area contributed by atoms with Crippen molar-refractivity contribution in [2.24, 2.45) is 0 Å². The molecule has 0 aliphatic rings. The molecule has 2 radical (unpaired) electrons. The minimum absolute atomic E-state index is 0.233. The summed E-state index contributed by atoms with van der Waals surface area (Å²) in [5.41, 5.74) is 0. The maximum absolute atomic E-state index is 5.50. The number of methoxy groups -OCH3 is 2. The summed E-state index contributed by atoms with van der Waals surface area (Å²) in [6.07, 6.45) is 3.70. The van der Waals surface area contributed by atoms with Gasteiger partial charge < -0.3 is 0 Å². The molecule has 0 saturated carbocycles. The van der Waals surface area contributed by atoms with Gasteiger partial charge in [-0.05, 0) is 0 Å². The molecule has 15 heavy (non-hydrogen) atoms. The zero-order valence-electron chi connectivity index (χ0n) is 9.95. The molecule has 0 heterocycles. The molecule has 0 aromatic rings. The molecule has 0 aromatic carbocycles. The summed E-state index contributed by atoms with van der Waals surface area (Å²) in [4.78, 5) is 0. The number of ether oxygens (including phenoxy) is 2. The molecule has 1 atom stereocenters. The Hall–Kier alpha value is 0.639. The molecule has 0 aromatic heterocycles. The van der Waals surface area contributed by atoms with E-state index >= 15 is 0 Å². The van der Waals surface area contributed by atoms with E-state index in [9.17, 15) is 0 Å². The normalized spacial score (nSPS) is 13.0. The summed E-state index contributed by atoms with van der Waals surface area (Å²) in [5, 5.41) is 0. The zero-order valence-corrected chi connectivity index (χ0v) is 12.8. The monoisotopic (exact) mass is 326 g/mol. The van der Waals surface area contributed by atoms with Crippen LogP contribution in [0.1, 0.15) is 26.2 Å². The molecule has 0 fully saturated rings. The van der Waals surface area contributed by atoms with Crippen LogP contribution in [0.4, 0.5) is 0 Å². The van der Waals surface area contributed by atoms with Crippen molar-refractivity contribution in [3.63, 3.8) is 0 Å². The Morgan fingerprint density at radius 3 is 2.53 bits per heavy atom. The van der Waals surface area contributed by atoms with Crippen molar-refractivity contribution < 1.29 is 15.6 Å². The van der Waals surface area contributed by atoms with Crippen molar-refractivity contribution in [1.29, 1.82) is 0 Å². The Morgan fingerprint density at radius 2 is 1.93 bits per heavy atom. The Balaban J connectivity index is 3.22. The number of unbranched alkanes of at least 4 members (excludes halogenated alkanes) is 1. The van der Waals surface area contributed by atoms with E-state index < -0.39 is 22.0 Å². The Kier molecular flexibility index (Phi) is 13.2. The average molecular weight is 325 g/mol. The van der Waals surface area contributed by atoms with Gasteiger partial charge in [-0.2, -0.15) is 0 Å². The van der Waals surface area contributed by atoms with Crippen LogP contribution in [-0.4, -0.2) is 62.1 Å². The van der Waals surface area contributed by atoms with Gasteiger partial charge in [0, 0.05) is 0 Å². The summed E-state index contributed by atoms with van der Waals surface area (Å²) < 4.78 is 21.0. The third-order valence-corrected chi connectivity index (χ3v) is 3.72. The zero-order chi connectivity index (χ0) is 11.4. The molecule has 0 spiro atoms. The topological polar surface area (TPSA) is 36.9 Å². The van der Waals surface area contributed by atoms with Crippen LogP contribution in [0.5, 0.6) is 0 Å². The van der Waals surface area contributed by atoms with E-state index in [0.29, 0.717) is 19.8 Å². The van der Waals surface area contributed by atoms with Gasteiger partial charge in [-0.15, -0.1) is 0 Å². The summed E-state index contributed by atoms with van der Waals surface area (Å²) in [6.45, 7) is 4.15. The van der Waals surface area contributed by atoms with Gasteiger partial charge in [-0.1, -0.05) is 0 Å². The third kappa shape index (κ3) is 10.9. The molecule has 5 heteroatoms. The van der Waals surface area contributed by atoms with Gasteiger partial charge in [-0.25, -0.2) is 0 Å². The van der Waals surface area contributed by atoms with E-state index in [0.717, 1.165) is 6.42 Å². The van der Waals surface area contributed by atoms with Crippen LogP contribution in [0.3, 0.4) is 0 Å². The van der Waals surface area contributed by atoms with Gasteiger partial charge in [-0.3, -0.25) is 0 Å². The maximum atomic E-state index is 5.50. The van der Waals surface area contributed by atoms with Gasteiger partial charge >= 0.3 is 104 Å². The molecule has 0 aliphatic heterocycles. The fourth-order valence-corrected chi connectivity index (χ4v) is 2.47. The van der Waals surface area contributed by atoms with Crippen LogP contribution in [0.15, 0.2) is 0 Å². The van der Waals surface area contributed by atoms with Crippen molar-refractivity contribution in [3.8, 4) is 0 Å². The van der Waals surface area contributed by atoms with Crippen LogP contribution in [-0.2, 0) is 15.6 Å². The first kappa shape index (κ1) is 15.6. The molecule has 0 saturated heterocycles. The SMILES string of the molecule is CCCCC(C[O][Sn][O]CCOC)OC. The van der Waals surface area contributed by atoms with Crippen LogP contribution in [0.25, 0.3) is 0 Å². The van der Waals surface area contributed by atoms with Crippen molar-refractivity contribution in [3.05, 3.63) is 0 Å². The van der Waals surface area contributed by atoms with E-state index in [4.69, 9.17) is 15.6 Å². The van der Waals surface area contributed by atoms with E-state index in [1.165, 1.54) is 12.8 Å². The predicted octanol–water partition coefficient (Wildman–Crippen LogP) is 1.41.